The maximum Gasteiger partial charge on any atom is 0.0270 e. The molecule has 76 valence electrons. The van der Waals surface area contributed by atoms with Crippen LogP contribution in [0.25, 0.3) is 0 Å². The van der Waals surface area contributed by atoms with Crippen molar-refractivity contribution in [2.45, 2.75) is 5.92 Å². The fraction of sp³-hybridized carbons (Fsp3) is 0.154. The Bertz CT molecular complexity index is 358. The zero-order valence-electron chi connectivity index (χ0n) is 8.51. The fourth-order valence-electron chi connectivity index (χ4n) is 1.75. The van der Waals surface area contributed by atoms with Gasteiger partial charge in [0.25, 0.3) is 0 Å². The average Bonchev–Trinajstić information content (AvgIpc) is 2.33. The van der Waals surface area contributed by atoms with E-state index in [4.69, 9.17) is 5.73 Å². The molecule has 2 rings (SSSR count). The monoisotopic (exact) mass is 198 g/mol. The number of benzene rings is 1. The molecular weight excluding hydrogens is 184 g/mol. The van der Waals surface area contributed by atoms with Gasteiger partial charge >= 0.3 is 0 Å². The van der Waals surface area contributed by atoms with Crippen LogP contribution in [-0.2, 0) is 0 Å². The summed E-state index contributed by atoms with van der Waals surface area (Å²) in [5.74, 6) is 0.272. The van der Waals surface area contributed by atoms with E-state index in [9.17, 15) is 0 Å². The van der Waals surface area contributed by atoms with Gasteiger partial charge in [-0.15, -0.1) is 0 Å². The highest BCUT2D eigenvalue weighted by Crippen LogP contribution is 2.22. The van der Waals surface area contributed by atoms with Crippen molar-refractivity contribution in [2.75, 3.05) is 6.54 Å². The van der Waals surface area contributed by atoms with Crippen molar-refractivity contribution in [1.29, 1.82) is 0 Å². The third kappa shape index (κ3) is 2.22. The Morgan fingerprint density at radius 2 is 1.53 bits per heavy atom. The molecule has 0 aliphatic heterocycles. The van der Waals surface area contributed by atoms with Crippen molar-refractivity contribution in [1.82, 2.24) is 4.98 Å². The molecule has 0 aliphatic carbocycles. The molecular formula is C13H14N2. The Morgan fingerprint density at radius 3 is 2.13 bits per heavy atom. The maximum absolute atomic E-state index is 5.82. The van der Waals surface area contributed by atoms with Gasteiger partial charge in [0, 0.05) is 24.9 Å². The van der Waals surface area contributed by atoms with E-state index in [-0.39, 0.29) is 5.92 Å². The lowest BCUT2D eigenvalue weighted by atomic mass is 9.92. The number of aromatic nitrogens is 1. The highest BCUT2D eigenvalue weighted by molar-refractivity contribution is 5.31. The lowest BCUT2D eigenvalue weighted by Crippen LogP contribution is -2.13. The molecule has 0 aliphatic rings. The van der Waals surface area contributed by atoms with Gasteiger partial charge in [-0.1, -0.05) is 30.3 Å². The largest absolute Gasteiger partial charge is 0.330 e. The molecule has 2 nitrogen and oxygen atoms in total. The van der Waals surface area contributed by atoms with E-state index in [1.165, 1.54) is 11.1 Å². The Balaban J connectivity index is 2.34. The predicted molar refractivity (Wildman–Crippen MR) is 61.6 cm³/mol. The number of pyridine rings is 1. The SMILES string of the molecule is NCC(c1ccccc1)c1ccncc1. The normalized spacial score (nSPS) is 12.3. The van der Waals surface area contributed by atoms with Gasteiger partial charge in [0.05, 0.1) is 0 Å². The summed E-state index contributed by atoms with van der Waals surface area (Å²) >= 11 is 0. The van der Waals surface area contributed by atoms with Crippen LogP contribution >= 0.6 is 0 Å². The summed E-state index contributed by atoms with van der Waals surface area (Å²) < 4.78 is 0. The number of rotatable bonds is 3. The van der Waals surface area contributed by atoms with Gasteiger partial charge in [-0.2, -0.15) is 0 Å². The third-order valence-electron chi connectivity index (χ3n) is 2.55. The molecule has 1 heterocycles. The molecule has 2 aromatic rings. The fourth-order valence-corrected chi connectivity index (χ4v) is 1.75. The van der Waals surface area contributed by atoms with Gasteiger partial charge < -0.3 is 5.73 Å². The van der Waals surface area contributed by atoms with Crippen LogP contribution < -0.4 is 5.73 Å². The summed E-state index contributed by atoms with van der Waals surface area (Å²) in [4.78, 5) is 4.01. The number of nitrogens with two attached hydrogens (primary N) is 1. The van der Waals surface area contributed by atoms with Gasteiger partial charge in [0.2, 0.25) is 0 Å². The minimum atomic E-state index is 0.272. The quantitative estimate of drug-likeness (QED) is 0.821. The smallest absolute Gasteiger partial charge is 0.0270 e. The molecule has 15 heavy (non-hydrogen) atoms. The van der Waals surface area contributed by atoms with E-state index in [2.05, 4.69) is 17.1 Å². The van der Waals surface area contributed by atoms with E-state index >= 15 is 0 Å². The van der Waals surface area contributed by atoms with E-state index < -0.39 is 0 Å². The van der Waals surface area contributed by atoms with Crippen LogP contribution in [-0.4, -0.2) is 11.5 Å². The molecule has 0 saturated carbocycles. The first-order valence-electron chi connectivity index (χ1n) is 5.06. The molecule has 0 radical (unpaired) electrons. The highest BCUT2D eigenvalue weighted by atomic mass is 14.6. The summed E-state index contributed by atoms with van der Waals surface area (Å²) in [5, 5.41) is 0. The lowest BCUT2D eigenvalue weighted by molar-refractivity contribution is 0.817. The summed E-state index contributed by atoms with van der Waals surface area (Å²) in [6.45, 7) is 0.619. The molecule has 1 atom stereocenters. The zero-order chi connectivity index (χ0) is 10.5. The van der Waals surface area contributed by atoms with Crippen LogP contribution in [0, 0.1) is 0 Å². The second-order valence-electron chi connectivity index (χ2n) is 3.48. The van der Waals surface area contributed by atoms with Crippen molar-refractivity contribution in [3.8, 4) is 0 Å². The molecule has 0 fully saturated rings. The van der Waals surface area contributed by atoms with E-state index in [0.29, 0.717) is 6.54 Å². The van der Waals surface area contributed by atoms with Crippen LogP contribution in [0.4, 0.5) is 0 Å². The van der Waals surface area contributed by atoms with Crippen molar-refractivity contribution in [3.63, 3.8) is 0 Å². The first kappa shape index (κ1) is 9.87. The summed E-state index contributed by atoms with van der Waals surface area (Å²) in [5.41, 5.74) is 8.29. The van der Waals surface area contributed by atoms with Crippen LogP contribution in [0.15, 0.2) is 54.9 Å². The molecule has 0 saturated heterocycles. The van der Waals surface area contributed by atoms with Crippen molar-refractivity contribution in [2.24, 2.45) is 5.73 Å². The van der Waals surface area contributed by atoms with Crippen LogP contribution in [0.2, 0.25) is 0 Å². The lowest BCUT2D eigenvalue weighted by Gasteiger charge is -2.15. The molecule has 1 aromatic carbocycles. The van der Waals surface area contributed by atoms with Crippen LogP contribution in [0.5, 0.6) is 0 Å². The molecule has 2 heteroatoms. The highest BCUT2D eigenvalue weighted by Gasteiger charge is 2.10. The van der Waals surface area contributed by atoms with Crippen LogP contribution in [0.3, 0.4) is 0 Å². The Kier molecular flexibility index (Phi) is 3.10. The number of nitrogens with zero attached hydrogens (tertiary/aromatic N) is 1. The second-order valence-corrected chi connectivity index (χ2v) is 3.48. The first-order valence-corrected chi connectivity index (χ1v) is 5.06. The van der Waals surface area contributed by atoms with Gasteiger partial charge in [0.1, 0.15) is 0 Å². The molecule has 0 amide bonds. The van der Waals surface area contributed by atoms with E-state index in [1.54, 1.807) is 12.4 Å². The molecule has 1 unspecified atom stereocenters. The Hall–Kier alpha value is -1.67. The first-order chi connectivity index (χ1) is 7.42. The molecule has 2 N–H and O–H groups in total. The number of hydrogen-bond acceptors (Lipinski definition) is 2. The molecule has 0 spiro atoms. The second kappa shape index (κ2) is 4.71. The molecule has 0 bridgehead atoms. The summed E-state index contributed by atoms with van der Waals surface area (Å²) in [6, 6.07) is 14.4. The minimum absolute atomic E-state index is 0.272. The zero-order valence-corrected chi connectivity index (χ0v) is 8.51. The number of hydrogen-bond donors (Lipinski definition) is 1. The van der Waals surface area contributed by atoms with Crippen molar-refractivity contribution in [3.05, 3.63) is 66.0 Å². The minimum Gasteiger partial charge on any atom is -0.330 e. The molecule has 1 aromatic heterocycles. The van der Waals surface area contributed by atoms with Gasteiger partial charge in [-0.25, -0.2) is 0 Å². The van der Waals surface area contributed by atoms with Crippen molar-refractivity contribution >= 4 is 0 Å². The topological polar surface area (TPSA) is 38.9 Å². The Morgan fingerprint density at radius 1 is 0.933 bits per heavy atom. The average molecular weight is 198 g/mol. The van der Waals surface area contributed by atoms with Gasteiger partial charge in [-0.3, -0.25) is 4.98 Å². The summed E-state index contributed by atoms with van der Waals surface area (Å²) in [6.07, 6.45) is 3.61. The van der Waals surface area contributed by atoms with E-state index in [0.717, 1.165) is 0 Å². The van der Waals surface area contributed by atoms with Gasteiger partial charge in [0.15, 0.2) is 0 Å². The van der Waals surface area contributed by atoms with Crippen molar-refractivity contribution < 1.29 is 0 Å². The predicted octanol–water partition coefficient (Wildman–Crippen LogP) is 2.17. The van der Waals surface area contributed by atoms with Gasteiger partial charge in [-0.05, 0) is 23.3 Å². The van der Waals surface area contributed by atoms with E-state index in [1.807, 2.05) is 30.3 Å². The third-order valence-corrected chi connectivity index (χ3v) is 2.55. The maximum atomic E-state index is 5.82. The standard InChI is InChI=1S/C13H14N2/c14-10-13(11-4-2-1-3-5-11)12-6-8-15-9-7-12/h1-9,13H,10,14H2. The van der Waals surface area contributed by atoms with Crippen LogP contribution in [0.1, 0.15) is 17.0 Å². The Labute approximate surface area is 89.8 Å². The summed E-state index contributed by atoms with van der Waals surface area (Å²) in [7, 11) is 0.